The molecule has 0 N–H and O–H groups in total. The van der Waals surface area contributed by atoms with Gasteiger partial charge in [0.1, 0.15) is 0 Å². The van der Waals surface area contributed by atoms with Gasteiger partial charge in [0.05, 0.1) is 24.2 Å². The first-order chi connectivity index (χ1) is 12.6. The number of hydrogen-bond donors (Lipinski definition) is 0. The highest BCUT2D eigenvalue weighted by Crippen LogP contribution is 2.27. The third kappa shape index (κ3) is 5.15. The molecular formula is C19H25ClN2O3S. The Kier molecular flexibility index (Phi) is 7.23. The van der Waals surface area contributed by atoms with Gasteiger partial charge in [-0.1, -0.05) is 23.7 Å². The van der Waals surface area contributed by atoms with Crippen LogP contribution in [0.5, 0.6) is 0 Å². The highest BCUT2D eigenvalue weighted by molar-refractivity contribution is 7.99. The number of rotatable bonds is 5. The summed E-state index contributed by atoms with van der Waals surface area (Å²) in [4.78, 5) is 30.0. The summed E-state index contributed by atoms with van der Waals surface area (Å²) in [7, 11) is 0. The van der Waals surface area contributed by atoms with Crippen molar-refractivity contribution in [1.82, 2.24) is 9.80 Å². The number of nitrogens with zero attached hydrogens (tertiary/aromatic N) is 2. The van der Waals surface area contributed by atoms with Gasteiger partial charge in [-0.05, 0) is 25.0 Å². The third-order valence-electron chi connectivity index (χ3n) is 4.86. The van der Waals surface area contributed by atoms with Crippen molar-refractivity contribution in [2.75, 3.05) is 45.1 Å². The van der Waals surface area contributed by atoms with Crippen molar-refractivity contribution < 1.29 is 14.3 Å². The number of hydrogen-bond acceptors (Lipinski definition) is 4. The summed E-state index contributed by atoms with van der Waals surface area (Å²) in [6, 6.07) is 7.67. The van der Waals surface area contributed by atoms with E-state index in [0.717, 1.165) is 29.3 Å². The Morgan fingerprint density at radius 2 is 1.92 bits per heavy atom. The predicted octanol–water partition coefficient (Wildman–Crippen LogP) is 2.92. The van der Waals surface area contributed by atoms with Crippen LogP contribution in [0.3, 0.4) is 0 Å². The van der Waals surface area contributed by atoms with Gasteiger partial charge >= 0.3 is 0 Å². The van der Waals surface area contributed by atoms with Crippen molar-refractivity contribution in [2.24, 2.45) is 5.92 Å². The van der Waals surface area contributed by atoms with E-state index >= 15 is 0 Å². The summed E-state index contributed by atoms with van der Waals surface area (Å²) in [6.07, 6.45) is 2.23. The Hall–Kier alpha value is -1.24. The van der Waals surface area contributed by atoms with Crippen molar-refractivity contribution in [3.05, 3.63) is 29.3 Å². The van der Waals surface area contributed by atoms with Crippen LogP contribution in [-0.4, -0.2) is 66.8 Å². The number of carbonyl (C=O) groups is 2. The van der Waals surface area contributed by atoms with Gasteiger partial charge in [0.25, 0.3) is 0 Å². The van der Waals surface area contributed by atoms with Crippen molar-refractivity contribution in [3.63, 3.8) is 0 Å². The van der Waals surface area contributed by atoms with E-state index in [2.05, 4.69) is 0 Å². The van der Waals surface area contributed by atoms with E-state index in [1.807, 2.05) is 34.1 Å². The highest BCUT2D eigenvalue weighted by atomic mass is 35.5. The molecule has 2 amide bonds. The first-order valence-electron chi connectivity index (χ1n) is 9.17. The predicted molar refractivity (Wildman–Crippen MR) is 103 cm³/mol. The molecule has 7 heteroatoms. The fraction of sp³-hybridized carbons (Fsp3) is 0.579. The average Bonchev–Trinajstić information content (AvgIpc) is 2.69. The summed E-state index contributed by atoms with van der Waals surface area (Å²) >= 11 is 7.75. The zero-order valence-corrected chi connectivity index (χ0v) is 16.4. The molecule has 0 bridgehead atoms. The maximum Gasteiger partial charge on any atom is 0.227 e. The lowest BCUT2D eigenvalue weighted by Crippen LogP contribution is -2.49. The molecule has 1 unspecified atom stereocenters. The van der Waals surface area contributed by atoms with Crippen molar-refractivity contribution in [3.8, 4) is 0 Å². The van der Waals surface area contributed by atoms with E-state index in [-0.39, 0.29) is 17.7 Å². The van der Waals surface area contributed by atoms with Crippen LogP contribution >= 0.6 is 23.4 Å². The van der Waals surface area contributed by atoms with Gasteiger partial charge in [-0.2, -0.15) is 0 Å². The smallest absolute Gasteiger partial charge is 0.227 e. The molecule has 142 valence electrons. The quantitative estimate of drug-likeness (QED) is 0.718. The standard InChI is InChI=1S/C19H25ClN2O3S/c20-16-5-1-2-6-17(16)26-13-7-18(23)22-8-3-4-15(14-22)19(24)21-9-11-25-12-10-21/h1-2,5-6,15H,3-4,7-14H2. The van der Waals surface area contributed by atoms with Gasteiger partial charge in [0.2, 0.25) is 11.8 Å². The topological polar surface area (TPSA) is 49.9 Å². The van der Waals surface area contributed by atoms with E-state index in [4.69, 9.17) is 16.3 Å². The largest absolute Gasteiger partial charge is 0.378 e. The maximum absolute atomic E-state index is 12.7. The Morgan fingerprint density at radius 1 is 1.15 bits per heavy atom. The minimum Gasteiger partial charge on any atom is -0.378 e. The number of likely N-dealkylation sites (tertiary alicyclic amines) is 1. The molecule has 2 saturated heterocycles. The molecule has 0 radical (unpaired) electrons. The zero-order valence-electron chi connectivity index (χ0n) is 14.9. The van der Waals surface area contributed by atoms with E-state index in [1.54, 1.807) is 11.8 Å². The van der Waals surface area contributed by atoms with Crippen molar-refractivity contribution >= 4 is 35.2 Å². The van der Waals surface area contributed by atoms with Gasteiger partial charge in [0, 0.05) is 43.2 Å². The Morgan fingerprint density at radius 3 is 2.69 bits per heavy atom. The minimum atomic E-state index is -0.0676. The molecule has 0 aliphatic carbocycles. The normalized spacial score (nSPS) is 20.9. The van der Waals surface area contributed by atoms with E-state index in [1.165, 1.54) is 0 Å². The summed E-state index contributed by atoms with van der Waals surface area (Å²) in [6.45, 7) is 3.85. The highest BCUT2D eigenvalue weighted by Gasteiger charge is 2.31. The van der Waals surface area contributed by atoms with Crippen LogP contribution in [0.15, 0.2) is 29.2 Å². The number of halogens is 1. The van der Waals surface area contributed by atoms with Crippen LogP contribution in [-0.2, 0) is 14.3 Å². The van der Waals surface area contributed by atoms with E-state index in [0.29, 0.717) is 45.0 Å². The van der Waals surface area contributed by atoms with Crippen LogP contribution in [0.2, 0.25) is 5.02 Å². The lowest BCUT2D eigenvalue weighted by molar-refractivity contribution is -0.143. The molecular weight excluding hydrogens is 372 g/mol. The molecule has 0 spiro atoms. The number of ether oxygens (including phenoxy) is 1. The molecule has 1 aromatic carbocycles. The maximum atomic E-state index is 12.7. The first kappa shape index (κ1) is 19.5. The number of carbonyl (C=O) groups excluding carboxylic acids is 2. The van der Waals surface area contributed by atoms with Gasteiger partial charge in [-0.25, -0.2) is 0 Å². The number of thioether (sulfide) groups is 1. The number of morpholine rings is 1. The SMILES string of the molecule is O=C(CCSc1ccccc1Cl)N1CCCC(C(=O)N2CCOCC2)C1. The summed E-state index contributed by atoms with van der Waals surface area (Å²) in [5, 5.41) is 0.721. The molecule has 1 aromatic rings. The second-order valence-electron chi connectivity index (χ2n) is 6.65. The zero-order chi connectivity index (χ0) is 18.4. The molecule has 3 rings (SSSR count). The lowest BCUT2D eigenvalue weighted by atomic mass is 9.96. The third-order valence-corrected chi connectivity index (χ3v) is 6.37. The van der Waals surface area contributed by atoms with Gasteiger partial charge in [-0.15, -0.1) is 11.8 Å². The van der Waals surface area contributed by atoms with Gasteiger partial charge in [-0.3, -0.25) is 9.59 Å². The van der Waals surface area contributed by atoms with Crippen LogP contribution in [0.25, 0.3) is 0 Å². The molecule has 2 heterocycles. The van der Waals surface area contributed by atoms with Crippen LogP contribution in [0.4, 0.5) is 0 Å². The molecule has 26 heavy (non-hydrogen) atoms. The second kappa shape index (κ2) is 9.62. The Bertz CT molecular complexity index is 637. The molecule has 0 saturated carbocycles. The van der Waals surface area contributed by atoms with Crippen LogP contribution in [0, 0.1) is 5.92 Å². The number of benzene rings is 1. The number of amides is 2. The molecule has 2 aliphatic heterocycles. The van der Waals surface area contributed by atoms with E-state index in [9.17, 15) is 9.59 Å². The van der Waals surface area contributed by atoms with Crippen LogP contribution in [0.1, 0.15) is 19.3 Å². The Balaban J connectivity index is 1.46. The fourth-order valence-corrected chi connectivity index (χ4v) is 4.59. The molecule has 0 aromatic heterocycles. The minimum absolute atomic E-state index is 0.0676. The molecule has 2 aliphatic rings. The lowest BCUT2D eigenvalue weighted by Gasteiger charge is -2.36. The summed E-state index contributed by atoms with van der Waals surface area (Å²) in [5.41, 5.74) is 0. The first-order valence-corrected chi connectivity index (χ1v) is 10.5. The van der Waals surface area contributed by atoms with Crippen molar-refractivity contribution in [1.29, 1.82) is 0 Å². The second-order valence-corrected chi connectivity index (χ2v) is 8.19. The fourth-order valence-electron chi connectivity index (χ4n) is 3.42. The molecule has 5 nitrogen and oxygen atoms in total. The Labute approximate surface area is 164 Å². The van der Waals surface area contributed by atoms with Crippen LogP contribution < -0.4 is 0 Å². The molecule has 1 atom stereocenters. The van der Waals surface area contributed by atoms with E-state index < -0.39 is 0 Å². The van der Waals surface area contributed by atoms with Crippen molar-refractivity contribution in [2.45, 2.75) is 24.2 Å². The van der Waals surface area contributed by atoms with Gasteiger partial charge < -0.3 is 14.5 Å². The number of piperidine rings is 1. The summed E-state index contributed by atoms with van der Waals surface area (Å²) < 4.78 is 5.32. The summed E-state index contributed by atoms with van der Waals surface area (Å²) in [5.74, 6) is 0.934. The van der Waals surface area contributed by atoms with Gasteiger partial charge in [0.15, 0.2) is 0 Å². The monoisotopic (exact) mass is 396 g/mol. The molecule has 2 fully saturated rings. The average molecular weight is 397 g/mol.